The standard InChI is InChI=1S/C19H22S4/c1-12(2)6-7-13(3)16-18(21-4)19(22-5)17(23-16)14-8-10-15(20)11-9-14/h6-8,10,20H,1,3,9,11H2,2,4-5H3/b7-6-. The summed E-state index contributed by atoms with van der Waals surface area (Å²) >= 11 is 9.96. The molecule has 2 rings (SSSR count). The van der Waals surface area contributed by atoms with Gasteiger partial charge in [0.2, 0.25) is 0 Å². The third kappa shape index (κ3) is 4.50. The second-order valence-electron chi connectivity index (χ2n) is 5.38. The van der Waals surface area contributed by atoms with Crippen LogP contribution in [0.4, 0.5) is 0 Å². The Kier molecular flexibility index (Phi) is 6.96. The molecule has 0 bridgehead atoms. The van der Waals surface area contributed by atoms with Crippen LogP contribution in [0.2, 0.25) is 0 Å². The zero-order chi connectivity index (χ0) is 17.0. The summed E-state index contributed by atoms with van der Waals surface area (Å²) in [5.41, 5.74) is 3.52. The molecule has 0 fully saturated rings. The Morgan fingerprint density at radius 2 is 1.83 bits per heavy atom. The van der Waals surface area contributed by atoms with E-state index < -0.39 is 0 Å². The van der Waals surface area contributed by atoms with E-state index in [1.165, 1.54) is 25.1 Å². The van der Waals surface area contributed by atoms with Crippen molar-refractivity contribution in [1.29, 1.82) is 0 Å². The summed E-state index contributed by atoms with van der Waals surface area (Å²) < 4.78 is 0. The third-order valence-electron chi connectivity index (χ3n) is 3.51. The van der Waals surface area contributed by atoms with Gasteiger partial charge in [-0.25, -0.2) is 0 Å². The lowest BCUT2D eigenvalue weighted by atomic mass is 10.0. The van der Waals surface area contributed by atoms with Gasteiger partial charge in [-0.3, -0.25) is 0 Å². The molecule has 0 aliphatic heterocycles. The highest BCUT2D eigenvalue weighted by Gasteiger charge is 2.21. The number of thiol groups is 1. The SMILES string of the molecule is C=C(C)/C=C\C(=C)c1sc(C2=CC=C(S)CC2)c(SC)c1SC. The van der Waals surface area contributed by atoms with Crippen LogP contribution in [-0.4, -0.2) is 12.5 Å². The maximum absolute atomic E-state index is 4.47. The maximum Gasteiger partial charge on any atom is 0.0490 e. The molecule has 0 amide bonds. The van der Waals surface area contributed by atoms with E-state index in [9.17, 15) is 0 Å². The minimum absolute atomic E-state index is 1.03. The van der Waals surface area contributed by atoms with Gasteiger partial charge < -0.3 is 0 Å². The molecule has 0 saturated heterocycles. The maximum atomic E-state index is 4.47. The summed E-state index contributed by atoms with van der Waals surface area (Å²) in [6.07, 6.45) is 14.8. The van der Waals surface area contributed by atoms with Crippen molar-refractivity contribution in [3.05, 3.63) is 57.7 Å². The average molecular weight is 379 g/mol. The second-order valence-corrected chi connectivity index (χ2v) is 8.61. The van der Waals surface area contributed by atoms with E-state index in [0.717, 1.165) is 28.9 Å². The summed E-state index contributed by atoms with van der Waals surface area (Å²) in [5, 5.41) is 0. The Labute approximate surface area is 157 Å². The molecule has 0 N–H and O–H groups in total. The normalized spacial score (nSPS) is 14.8. The molecule has 1 aliphatic rings. The van der Waals surface area contributed by atoms with Crippen LogP contribution >= 0.6 is 47.5 Å². The minimum atomic E-state index is 1.03. The predicted molar refractivity (Wildman–Crippen MR) is 115 cm³/mol. The van der Waals surface area contributed by atoms with E-state index in [-0.39, 0.29) is 0 Å². The number of hydrogen-bond donors (Lipinski definition) is 1. The van der Waals surface area contributed by atoms with Crippen molar-refractivity contribution in [3.63, 3.8) is 0 Å². The van der Waals surface area contributed by atoms with Gasteiger partial charge in [-0.1, -0.05) is 43.0 Å². The van der Waals surface area contributed by atoms with E-state index in [2.05, 4.69) is 56.5 Å². The van der Waals surface area contributed by atoms with Crippen LogP contribution in [0.3, 0.4) is 0 Å². The summed E-state index contributed by atoms with van der Waals surface area (Å²) in [6, 6.07) is 0. The first kappa shape index (κ1) is 18.8. The van der Waals surface area contributed by atoms with Crippen LogP contribution in [0, 0.1) is 0 Å². The van der Waals surface area contributed by atoms with Crippen molar-refractivity contribution in [2.45, 2.75) is 29.6 Å². The van der Waals surface area contributed by atoms with Gasteiger partial charge in [0.25, 0.3) is 0 Å². The molecule has 4 heteroatoms. The van der Waals surface area contributed by atoms with Gasteiger partial charge >= 0.3 is 0 Å². The molecule has 1 aliphatic carbocycles. The van der Waals surface area contributed by atoms with Crippen molar-refractivity contribution >= 4 is 58.6 Å². The van der Waals surface area contributed by atoms with Crippen LogP contribution in [0.15, 0.2) is 57.7 Å². The molecular weight excluding hydrogens is 356 g/mol. The van der Waals surface area contributed by atoms with Gasteiger partial charge in [0.15, 0.2) is 0 Å². The van der Waals surface area contributed by atoms with Crippen LogP contribution in [-0.2, 0) is 0 Å². The number of allylic oxidation sites excluding steroid dienone is 8. The molecule has 0 atom stereocenters. The molecule has 0 spiro atoms. The van der Waals surface area contributed by atoms with Crippen LogP contribution in [0.1, 0.15) is 29.5 Å². The van der Waals surface area contributed by atoms with Gasteiger partial charge in [-0.2, -0.15) is 0 Å². The van der Waals surface area contributed by atoms with E-state index >= 15 is 0 Å². The monoisotopic (exact) mass is 378 g/mol. The summed E-state index contributed by atoms with van der Waals surface area (Å²) in [4.78, 5) is 6.55. The summed E-state index contributed by atoms with van der Waals surface area (Å²) in [7, 11) is 0. The Balaban J connectivity index is 2.49. The number of thiophene rings is 1. The molecule has 0 unspecified atom stereocenters. The van der Waals surface area contributed by atoms with Crippen LogP contribution < -0.4 is 0 Å². The lowest BCUT2D eigenvalue weighted by molar-refractivity contribution is 1.04. The number of rotatable bonds is 6. The molecule has 122 valence electrons. The summed E-state index contributed by atoms with van der Waals surface area (Å²) in [5.74, 6) is 0. The molecule has 0 nitrogen and oxygen atoms in total. The van der Waals surface area contributed by atoms with E-state index in [1.807, 2.05) is 47.9 Å². The van der Waals surface area contributed by atoms with Gasteiger partial charge in [0.1, 0.15) is 0 Å². The number of hydrogen-bond acceptors (Lipinski definition) is 4. The smallest absolute Gasteiger partial charge is 0.0490 e. The van der Waals surface area contributed by atoms with E-state index in [4.69, 9.17) is 0 Å². The fraction of sp³-hybridized carbons (Fsp3) is 0.263. The molecular formula is C19H22S4. The van der Waals surface area contributed by atoms with Gasteiger partial charge in [-0.05, 0) is 48.3 Å². The molecule has 0 radical (unpaired) electrons. The van der Waals surface area contributed by atoms with Gasteiger partial charge in [0.05, 0.1) is 0 Å². The van der Waals surface area contributed by atoms with Crippen LogP contribution in [0.25, 0.3) is 11.1 Å². The fourth-order valence-electron chi connectivity index (χ4n) is 2.33. The Morgan fingerprint density at radius 3 is 2.35 bits per heavy atom. The molecule has 23 heavy (non-hydrogen) atoms. The average Bonchev–Trinajstić information content (AvgIpc) is 2.91. The van der Waals surface area contributed by atoms with Gasteiger partial charge in [-0.15, -0.1) is 47.5 Å². The van der Waals surface area contributed by atoms with E-state index in [1.54, 1.807) is 0 Å². The predicted octanol–water partition coefficient (Wildman–Crippen LogP) is 7.33. The van der Waals surface area contributed by atoms with Crippen molar-refractivity contribution in [1.82, 2.24) is 0 Å². The Bertz CT molecular complexity index is 714. The van der Waals surface area contributed by atoms with Crippen molar-refractivity contribution in [3.8, 4) is 0 Å². The first-order chi connectivity index (χ1) is 11.0. The lowest BCUT2D eigenvalue weighted by Crippen LogP contribution is -1.89. The van der Waals surface area contributed by atoms with Crippen molar-refractivity contribution in [2.24, 2.45) is 0 Å². The molecule has 1 aromatic heterocycles. The van der Waals surface area contributed by atoms with E-state index in [0.29, 0.717) is 0 Å². The Morgan fingerprint density at radius 1 is 1.13 bits per heavy atom. The van der Waals surface area contributed by atoms with Crippen molar-refractivity contribution in [2.75, 3.05) is 12.5 Å². The summed E-state index contributed by atoms with van der Waals surface area (Å²) in [6.45, 7) is 10.2. The topological polar surface area (TPSA) is 0 Å². The largest absolute Gasteiger partial charge is 0.148 e. The highest BCUT2D eigenvalue weighted by molar-refractivity contribution is 8.02. The highest BCUT2D eigenvalue weighted by Crippen LogP contribution is 2.48. The Hall–Kier alpha value is -0.550. The second kappa shape index (κ2) is 8.52. The van der Waals surface area contributed by atoms with Crippen LogP contribution in [0.5, 0.6) is 0 Å². The fourth-order valence-corrected chi connectivity index (χ4v) is 6.20. The first-order valence-electron chi connectivity index (χ1n) is 7.34. The number of thioether (sulfide) groups is 2. The zero-order valence-electron chi connectivity index (χ0n) is 13.8. The highest BCUT2D eigenvalue weighted by atomic mass is 32.2. The molecule has 0 aromatic carbocycles. The lowest BCUT2D eigenvalue weighted by Gasteiger charge is -2.11. The molecule has 1 heterocycles. The van der Waals surface area contributed by atoms with Crippen molar-refractivity contribution < 1.29 is 0 Å². The molecule has 1 aromatic rings. The quantitative estimate of drug-likeness (QED) is 0.313. The third-order valence-corrected chi connectivity index (χ3v) is 7.24. The van der Waals surface area contributed by atoms with Gasteiger partial charge in [0, 0.05) is 19.5 Å². The first-order valence-corrected chi connectivity index (χ1v) is 11.1. The minimum Gasteiger partial charge on any atom is -0.148 e. The molecule has 0 saturated carbocycles. The zero-order valence-corrected chi connectivity index (χ0v) is 17.2.